The van der Waals surface area contributed by atoms with Gasteiger partial charge in [0.1, 0.15) is 22.4 Å². The van der Waals surface area contributed by atoms with Gasteiger partial charge in [-0.25, -0.2) is 14.8 Å². The molecule has 0 N–H and O–H groups in total. The van der Waals surface area contributed by atoms with Crippen LogP contribution in [0.3, 0.4) is 0 Å². The number of likely N-dealkylation sites (tertiary alicyclic amines) is 1. The molecule has 1 aliphatic rings. The first-order chi connectivity index (χ1) is 14.3. The largest absolute Gasteiger partial charge is 0.494 e. The SMILES string of the molecule is O=C(OCc1nccs1)N1CCC(CCOc2ccc(-c3nccs3)cc2)CC1. The minimum atomic E-state index is -0.241. The second-order valence-electron chi connectivity index (χ2n) is 6.91. The van der Waals surface area contributed by atoms with Gasteiger partial charge in [0.05, 0.1) is 6.61 Å². The van der Waals surface area contributed by atoms with E-state index in [1.54, 1.807) is 22.4 Å². The fourth-order valence-corrected chi connectivity index (χ4v) is 4.52. The average molecular weight is 430 g/mol. The van der Waals surface area contributed by atoms with Crippen molar-refractivity contribution < 1.29 is 14.3 Å². The third kappa shape index (κ3) is 5.55. The van der Waals surface area contributed by atoms with Gasteiger partial charge in [0.2, 0.25) is 0 Å². The van der Waals surface area contributed by atoms with Crippen molar-refractivity contribution in [1.29, 1.82) is 0 Å². The number of rotatable bonds is 7. The highest BCUT2D eigenvalue weighted by Gasteiger charge is 2.23. The standard InChI is InChI=1S/C21H23N3O3S2/c25-21(27-15-19-22-8-13-28-19)24-10-5-16(6-11-24)7-12-26-18-3-1-17(2-4-18)20-23-9-14-29-20/h1-4,8-9,13-14,16H,5-7,10-12,15H2. The molecule has 0 radical (unpaired) electrons. The molecule has 0 bridgehead atoms. The number of thiazole rings is 2. The van der Waals surface area contributed by atoms with Gasteiger partial charge in [-0.2, -0.15) is 0 Å². The Kier molecular flexibility index (Phi) is 6.74. The summed E-state index contributed by atoms with van der Waals surface area (Å²) in [5.41, 5.74) is 1.11. The molecule has 1 amide bonds. The number of nitrogens with zero attached hydrogens (tertiary/aromatic N) is 3. The third-order valence-electron chi connectivity index (χ3n) is 5.00. The maximum atomic E-state index is 12.2. The van der Waals surface area contributed by atoms with Crippen LogP contribution in [0.1, 0.15) is 24.3 Å². The van der Waals surface area contributed by atoms with Crippen LogP contribution in [0.25, 0.3) is 10.6 Å². The molecule has 1 saturated heterocycles. The van der Waals surface area contributed by atoms with Gasteiger partial charge in [-0.05, 0) is 49.4 Å². The van der Waals surface area contributed by atoms with Crippen molar-refractivity contribution in [2.75, 3.05) is 19.7 Å². The molecule has 1 fully saturated rings. The number of benzene rings is 1. The van der Waals surface area contributed by atoms with Gasteiger partial charge in [-0.15, -0.1) is 22.7 Å². The number of carbonyl (C=O) groups excluding carboxylic acids is 1. The van der Waals surface area contributed by atoms with Crippen molar-refractivity contribution >= 4 is 28.8 Å². The van der Waals surface area contributed by atoms with E-state index in [-0.39, 0.29) is 12.7 Å². The predicted octanol–water partition coefficient (Wildman–Crippen LogP) is 5.08. The molecule has 1 aliphatic heterocycles. The highest BCUT2D eigenvalue weighted by Crippen LogP contribution is 2.25. The summed E-state index contributed by atoms with van der Waals surface area (Å²) in [7, 11) is 0. The summed E-state index contributed by atoms with van der Waals surface area (Å²) in [6.07, 6.45) is 6.26. The van der Waals surface area contributed by atoms with Gasteiger partial charge in [0.25, 0.3) is 0 Å². The molecule has 0 saturated carbocycles. The smallest absolute Gasteiger partial charge is 0.410 e. The van der Waals surface area contributed by atoms with E-state index in [4.69, 9.17) is 9.47 Å². The molecule has 0 spiro atoms. The Hall–Kier alpha value is -2.45. The fourth-order valence-electron chi connectivity index (χ4n) is 3.35. The van der Waals surface area contributed by atoms with Crippen LogP contribution >= 0.6 is 22.7 Å². The molecule has 152 valence electrons. The van der Waals surface area contributed by atoms with E-state index in [1.807, 2.05) is 41.2 Å². The summed E-state index contributed by atoms with van der Waals surface area (Å²) in [6, 6.07) is 8.09. The highest BCUT2D eigenvalue weighted by molar-refractivity contribution is 7.13. The van der Waals surface area contributed by atoms with Crippen molar-refractivity contribution in [2.24, 2.45) is 5.92 Å². The molecule has 3 heterocycles. The number of carbonyl (C=O) groups is 1. The zero-order valence-electron chi connectivity index (χ0n) is 16.0. The van der Waals surface area contributed by atoms with Crippen LogP contribution in [0.2, 0.25) is 0 Å². The zero-order valence-corrected chi connectivity index (χ0v) is 17.7. The minimum absolute atomic E-state index is 0.241. The summed E-state index contributed by atoms with van der Waals surface area (Å²) in [6.45, 7) is 2.43. The van der Waals surface area contributed by atoms with Crippen molar-refractivity contribution in [1.82, 2.24) is 14.9 Å². The van der Waals surface area contributed by atoms with Gasteiger partial charge in [-0.3, -0.25) is 0 Å². The van der Waals surface area contributed by atoms with Crippen LogP contribution in [-0.2, 0) is 11.3 Å². The number of amides is 1. The van der Waals surface area contributed by atoms with Crippen molar-refractivity contribution in [2.45, 2.75) is 25.9 Å². The molecule has 8 heteroatoms. The van der Waals surface area contributed by atoms with Gasteiger partial charge in [0.15, 0.2) is 0 Å². The molecular weight excluding hydrogens is 406 g/mol. The lowest BCUT2D eigenvalue weighted by molar-refractivity contribution is 0.0799. The van der Waals surface area contributed by atoms with E-state index >= 15 is 0 Å². The second kappa shape index (κ2) is 9.84. The maximum Gasteiger partial charge on any atom is 0.410 e. The summed E-state index contributed by atoms with van der Waals surface area (Å²) < 4.78 is 11.3. The number of hydrogen-bond donors (Lipinski definition) is 0. The van der Waals surface area contributed by atoms with E-state index < -0.39 is 0 Å². The first-order valence-electron chi connectivity index (χ1n) is 9.71. The first-order valence-corrected chi connectivity index (χ1v) is 11.5. The van der Waals surface area contributed by atoms with Crippen molar-refractivity contribution in [3.63, 3.8) is 0 Å². The number of piperidine rings is 1. The van der Waals surface area contributed by atoms with Crippen LogP contribution in [0.5, 0.6) is 5.75 Å². The molecule has 0 atom stereocenters. The van der Waals surface area contributed by atoms with E-state index in [2.05, 4.69) is 9.97 Å². The summed E-state index contributed by atoms with van der Waals surface area (Å²) in [4.78, 5) is 22.4. The van der Waals surface area contributed by atoms with Gasteiger partial charge in [0, 0.05) is 41.8 Å². The zero-order chi connectivity index (χ0) is 19.9. The van der Waals surface area contributed by atoms with Crippen LogP contribution in [0, 0.1) is 5.92 Å². The summed E-state index contributed by atoms with van der Waals surface area (Å²) in [5, 5.41) is 5.70. The number of hydrogen-bond acceptors (Lipinski definition) is 7. The van der Waals surface area contributed by atoms with E-state index in [0.717, 1.165) is 53.7 Å². The topological polar surface area (TPSA) is 64.5 Å². The lowest BCUT2D eigenvalue weighted by Crippen LogP contribution is -2.39. The molecule has 2 aromatic heterocycles. The normalized spacial score (nSPS) is 14.7. The van der Waals surface area contributed by atoms with E-state index in [0.29, 0.717) is 12.5 Å². The highest BCUT2D eigenvalue weighted by atomic mass is 32.1. The molecule has 0 aliphatic carbocycles. The van der Waals surface area contributed by atoms with Gasteiger partial charge < -0.3 is 14.4 Å². The second-order valence-corrected chi connectivity index (χ2v) is 8.78. The third-order valence-corrected chi connectivity index (χ3v) is 6.58. The van der Waals surface area contributed by atoms with Crippen LogP contribution in [-0.4, -0.2) is 40.7 Å². The first kappa shape index (κ1) is 19.8. The van der Waals surface area contributed by atoms with E-state index in [9.17, 15) is 4.79 Å². The lowest BCUT2D eigenvalue weighted by atomic mass is 9.94. The number of aromatic nitrogens is 2. The predicted molar refractivity (Wildman–Crippen MR) is 114 cm³/mol. The Morgan fingerprint density at radius 1 is 1.07 bits per heavy atom. The number of ether oxygens (including phenoxy) is 2. The Morgan fingerprint density at radius 2 is 1.83 bits per heavy atom. The van der Waals surface area contributed by atoms with Crippen LogP contribution in [0.4, 0.5) is 4.79 Å². The lowest BCUT2D eigenvalue weighted by Gasteiger charge is -2.31. The monoisotopic (exact) mass is 429 g/mol. The Bertz CT molecular complexity index is 875. The van der Waals surface area contributed by atoms with Crippen molar-refractivity contribution in [3.05, 3.63) is 52.4 Å². The maximum absolute atomic E-state index is 12.2. The Balaban J connectivity index is 1.14. The summed E-state index contributed by atoms with van der Waals surface area (Å²) >= 11 is 3.13. The molecular formula is C21H23N3O3S2. The van der Waals surface area contributed by atoms with Crippen LogP contribution in [0.15, 0.2) is 47.4 Å². The molecule has 29 heavy (non-hydrogen) atoms. The molecule has 4 rings (SSSR count). The van der Waals surface area contributed by atoms with Gasteiger partial charge >= 0.3 is 6.09 Å². The molecule has 3 aromatic rings. The quantitative estimate of drug-likeness (QED) is 0.524. The molecule has 6 nitrogen and oxygen atoms in total. The summed E-state index contributed by atoms with van der Waals surface area (Å²) in [5.74, 6) is 1.46. The fraction of sp³-hybridized carbons (Fsp3) is 0.381. The molecule has 1 aromatic carbocycles. The minimum Gasteiger partial charge on any atom is -0.494 e. The van der Waals surface area contributed by atoms with Gasteiger partial charge in [-0.1, -0.05) is 0 Å². The van der Waals surface area contributed by atoms with Crippen LogP contribution < -0.4 is 4.74 Å². The van der Waals surface area contributed by atoms with E-state index in [1.165, 1.54) is 11.3 Å². The Labute approximate surface area is 178 Å². The molecule has 0 unspecified atom stereocenters. The average Bonchev–Trinajstić information content (AvgIpc) is 3.47. The Morgan fingerprint density at radius 3 is 2.52 bits per heavy atom. The van der Waals surface area contributed by atoms with Crippen molar-refractivity contribution in [3.8, 4) is 16.3 Å².